The van der Waals surface area contributed by atoms with Gasteiger partial charge in [0.25, 0.3) is 0 Å². The van der Waals surface area contributed by atoms with Gasteiger partial charge in [-0.3, -0.25) is 9.80 Å². The first-order valence-electron chi connectivity index (χ1n) is 8.59. The van der Waals surface area contributed by atoms with Crippen LogP contribution in [0.4, 0.5) is 0 Å². The molecule has 0 bridgehead atoms. The third kappa shape index (κ3) is 4.47. The second-order valence-electron chi connectivity index (χ2n) is 7.00. The maximum absolute atomic E-state index is 10.5. The van der Waals surface area contributed by atoms with Gasteiger partial charge in [0.2, 0.25) is 0 Å². The van der Waals surface area contributed by atoms with E-state index in [-0.39, 0.29) is 18.3 Å². The molecule has 1 fully saturated rings. The van der Waals surface area contributed by atoms with E-state index >= 15 is 0 Å². The van der Waals surface area contributed by atoms with E-state index in [2.05, 4.69) is 33.6 Å². The number of aliphatic hydroxyl groups is 1. The van der Waals surface area contributed by atoms with Gasteiger partial charge in [0.1, 0.15) is 5.82 Å². The number of aryl methyl sites for hydroxylation is 1. The van der Waals surface area contributed by atoms with E-state index in [9.17, 15) is 5.11 Å². The number of morpholine rings is 1. The van der Waals surface area contributed by atoms with Crippen molar-refractivity contribution in [3.05, 3.63) is 23.3 Å². The van der Waals surface area contributed by atoms with Crippen molar-refractivity contribution in [3.8, 4) is 0 Å². The largest absolute Gasteiger partial charge is 0.390 e. The first kappa shape index (κ1) is 16.8. The van der Waals surface area contributed by atoms with Crippen LogP contribution < -0.4 is 0 Å². The van der Waals surface area contributed by atoms with Crippen LogP contribution in [0, 0.1) is 6.92 Å². The van der Waals surface area contributed by atoms with Crippen LogP contribution in [-0.4, -0.2) is 75.9 Å². The van der Waals surface area contributed by atoms with Crippen LogP contribution in [0.25, 0.3) is 0 Å². The van der Waals surface area contributed by atoms with E-state index in [0.717, 1.165) is 44.1 Å². The third-order valence-electron chi connectivity index (χ3n) is 4.58. The average Bonchev–Trinajstić information content (AvgIpc) is 2.45. The summed E-state index contributed by atoms with van der Waals surface area (Å²) in [5.41, 5.74) is 2.36. The molecule has 6 nitrogen and oxygen atoms in total. The fourth-order valence-electron chi connectivity index (χ4n) is 3.70. The molecule has 128 valence electrons. The van der Waals surface area contributed by atoms with Gasteiger partial charge in [-0.05, 0) is 32.8 Å². The number of nitrogens with zero attached hydrogens (tertiary/aromatic N) is 4. The highest BCUT2D eigenvalue weighted by atomic mass is 16.5. The van der Waals surface area contributed by atoms with E-state index in [0.29, 0.717) is 13.1 Å². The lowest BCUT2D eigenvalue weighted by Crippen LogP contribution is -2.50. The van der Waals surface area contributed by atoms with Crippen molar-refractivity contribution >= 4 is 0 Å². The number of aromatic nitrogens is 2. The summed E-state index contributed by atoms with van der Waals surface area (Å²) in [5.74, 6) is 0.822. The second-order valence-corrected chi connectivity index (χ2v) is 7.00. The standard InChI is InChI=1S/C17H28N4O2/c1-12-7-21(8-13(2)23-12)10-16(22)9-20-5-4-15-6-18-14(3)19-17(15)11-20/h6,12-13,16,22H,4-5,7-11H2,1-3H3. The van der Waals surface area contributed by atoms with E-state index in [1.807, 2.05) is 13.1 Å². The van der Waals surface area contributed by atoms with E-state index in [1.54, 1.807) is 0 Å². The van der Waals surface area contributed by atoms with E-state index in [1.165, 1.54) is 5.56 Å². The van der Waals surface area contributed by atoms with Crippen LogP contribution in [0.5, 0.6) is 0 Å². The molecule has 2 aliphatic rings. The molecule has 6 heteroatoms. The first-order valence-corrected chi connectivity index (χ1v) is 8.59. The van der Waals surface area contributed by atoms with Crippen LogP contribution in [-0.2, 0) is 17.7 Å². The zero-order valence-electron chi connectivity index (χ0n) is 14.4. The number of fused-ring (bicyclic) bond motifs is 1. The molecule has 1 N–H and O–H groups in total. The monoisotopic (exact) mass is 320 g/mol. The van der Waals surface area contributed by atoms with Gasteiger partial charge in [-0.25, -0.2) is 9.97 Å². The summed E-state index contributed by atoms with van der Waals surface area (Å²) < 4.78 is 5.75. The summed E-state index contributed by atoms with van der Waals surface area (Å²) in [7, 11) is 0. The molecular weight excluding hydrogens is 292 g/mol. The zero-order chi connectivity index (χ0) is 16.4. The maximum Gasteiger partial charge on any atom is 0.125 e. The third-order valence-corrected chi connectivity index (χ3v) is 4.58. The second kappa shape index (κ2) is 7.21. The van der Waals surface area contributed by atoms with Gasteiger partial charge in [-0.15, -0.1) is 0 Å². The van der Waals surface area contributed by atoms with Gasteiger partial charge >= 0.3 is 0 Å². The van der Waals surface area contributed by atoms with Crippen LogP contribution in [0.15, 0.2) is 6.20 Å². The van der Waals surface area contributed by atoms with Crippen molar-refractivity contribution < 1.29 is 9.84 Å². The minimum Gasteiger partial charge on any atom is -0.390 e. The molecule has 3 unspecified atom stereocenters. The van der Waals surface area contributed by atoms with Crippen molar-refractivity contribution in [1.29, 1.82) is 0 Å². The normalized spacial score (nSPS) is 27.7. The van der Waals surface area contributed by atoms with Crippen molar-refractivity contribution in [2.24, 2.45) is 0 Å². The van der Waals surface area contributed by atoms with Gasteiger partial charge < -0.3 is 9.84 Å². The molecule has 23 heavy (non-hydrogen) atoms. The summed E-state index contributed by atoms with van der Waals surface area (Å²) in [4.78, 5) is 13.4. The Morgan fingerprint density at radius 1 is 1.26 bits per heavy atom. The van der Waals surface area contributed by atoms with Crippen LogP contribution >= 0.6 is 0 Å². The molecule has 2 aliphatic heterocycles. The number of hydrogen-bond donors (Lipinski definition) is 1. The topological polar surface area (TPSA) is 61.7 Å². The predicted molar refractivity (Wildman–Crippen MR) is 88.2 cm³/mol. The molecular formula is C17H28N4O2. The highest BCUT2D eigenvalue weighted by Crippen LogP contribution is 2.17. The van der Waals surface area contributed by atoms with Crippen LogP contribution in [0.3, 0.4) is 0 Å². The zero-order valence-corrected chi connectivity index (χ0v) is 14.4. The lowest BCUT2D eigenvalue weighted by atomic mass is 10.1. The fraction of sp³-hybridized carbons (Fsp3) is 0.765. The molecule has 1 saturated heterocycles. The van der Waals surface area contributed by atoms with Gasteiger partial charge in [0.05, 0.1) is 24.0 Å². The summed E-state index contributed by atoms with van der Waals surface area (Å²) >= 11 is 0. The van der Waals surface area contributed by atoms with Gasteiger partial charge in [0, 0.05) is 45.5 Å². The highest BCUT2D eigenvalue weighted by Gasteiger charge is 2.25. The quantitative estimate of drug-likeness (QED) is 0.877. The number of β-amino-alcohol motifs (C(OH)–C–C–N with tert-alkyl or cyclic N) is 1. The Labute approximate surface area is 138 Å². The Morgan fingerprint density at radius 3 is 2.70 bits per heavy atom. The van der Waals surface area contributed by atoms with Crippen molar-refractivity contribution in [2.45, 2.75) is 52.0 Å². The van der Waals surface area contributed by atoms with Crippen molar-refractivity contribution in [2.75, 3.05) is 32.7 Å². The molecule has 1 aromatic heterocycles. The Kier molecular flexibility index (Phi) is 5.26. The van der Waals surface area contributed by atoms with Crippen molar-refractivity contribution in [1.82, 2.24) is 19.8 Å². The lowest BCUT2D eigenvalue weighted by molar-refractivity contribution is -0.0782. The van der Waals surface area contributed by atoms with Crippen molar-refractivity contribution in [3.63, 3.8) is 0 Å². The summed E-state index contributed by atoms with van der Waals surface area (Å²) in [6, 6.07) is 0. The number of aliphatic hydroxyl groups excluding tert-OH is 1. The molecule has 0 saturated carbocycles. The Morgan fingerprint density at radius 2 is 1.96 bits per heavy atom. The summed E-state index contributed by atoms with van der Waals surface area (Å²) in [6.45, 7) is 11.1. The fourth-order valence-corrected chi connectivity index (χ4v) is 3.70. The van der Waals surface area contributed by atoms with Gasteiger partial charge in [-0.2, -0.15) is 0 Å². The SMILES string of the molecule is Cc1ncc2c(n1)CN(CC(O)CN1CC(C)OC(C)C1)CC2. The van der Waals surface area contributed by atoms with E-state index in [4.69, 9.17) is 4.74 Å². The molecule has 0 spiro atoms. The first-order chi connectivity index (χ1) is 11.0. The Hall–Kier alpha value is -1.08. The molecule has 0 radical (unpaired) electrons. The minimum absolute atomic E-state index is 0.243. The summed E-state index contributed by atoms with van der Waals surface area (Å²) in [5, 5.41) is 10.5. The number of ether oxygens (including phenoxy) is 1. The molecule has 3 atom stereocenters. The molecule has 0 aromatic carbocycles. The number of hydrogen-bond acceptors (Lipinski definition) is 6. The van der Waals surface area contributed by atoms with E-state index < -0.39 is 0 Å². The minimum atomic E-state index is -0.336. The average molecular weight is 320 g/mol. The molecule has 3 rings (SSSR count). The molecule has 0 amide bonds. The molecule has 3 heterocycles. The summed E-state index contributed by atoms with van der Waals surface area (Å²) in [6.07, 6.45) is 3.06. The predicted octanol–water partition coefficient (Wildman–Crippen LogP) is 0.613. The highest BCUT2D eigenvalue weighted by molar-refractivity contribution is 5.20. The van der Waals surface area contributed by atoms with Gasteiger partial charge in [-0.1, -0.05) is 0 Å². The van der Waals surface area contributed by atoms with Crippen LogP contribution in [0.1, 0.15) is 30.9 Å². The maximum atomic E-state index is 10.5. The Balaban J connectivity index is 1.51. The molecule has 1 aromatic rings. The van der Waals surface area contributed by atoms with Gasteiger partial charge in [0.15, 0.2) is 0 Å². The number of rotatable bonds is 4. The van der Waals surface area contributed by atoms with Crippen LogP contribution in [0.2, 0.25) is 0 Å². The Bertz CT molecular complexity index is 529. The smallest absolute Gasteiger partial charge is 0.125 e. The lowest BCUT2D eigenvalue weighted by Gasteiger charge is -2.37. The molecule has 0 aliphatic carbocycles.